The number of piperidine rings is 1. The maximum Gasteiger partial charge on any atom is 0.237 e. The van der Waals surface area contributed by atoms with Crippen LogP contribution in [0.25, 0.3) is 0 Å². The number of halogens is 3. The van der Waals surface area contributed by atoms with Crippen molar-refractivity contribution in [2.45, 2.75) is 44.1 Å². The Morgan fingerprint density at radius 3 is 2.76 bits per heavy atom. The third-order valence-corrected chi connectivity index (χ3v) is 6.24. The summed E-state index contributed by atoms with van der Waals surface area (Å²) in [5.41, 5.74) is 0.435. The summed E-state index contributed by atoms with van der Waals surface area (Å²) in [6.45, 7) is 2.82. The van der Waals surface area contributed by atoms with Crippen molar-refractivity contribution in [1.82, 2.24) is 15.5 Å². The van der Waals surface area contributed by atoms with Gasteiger partial charge in [-0.2, -0.15) is 0 Å². The standard InChI is InChI=1S/C21H27F2N3O2.ClH/c22-14-5-6-15(18(23)9-14)16-10-17(16)21(28)26-8-2-3-13(12-26)11-25-20(27)19-4-1-7-24-19;/h5-6,9,13,16-17,19,24H,1-4,7-8,10-12H2,(H,25,27);1H. The largest absolute Gasteiger partial charge is 0.354 e. The van der Waals surface area contributed by atoms with E-state index in [1.54, 1.807) is 0 Å². The summed E-state index contributed by atoms with van der Waals surface area (Å²) in [5.74, 6) is -1.17. The molecule has 5 nitrogen and oxygen atoms in total. The number of nitrogens with zero attached hydrogens (tertiary/aromatic N) is 1. The van der Waals surface area contributed by atoms with Crippen molar-refractivity contribution in [3.63, 3.8) is 0 Å². The number of carbonyl (C=O) groups is 2. The first-order valence-corrected chi connectivity index (χ1v) is 10.3. The first kappa shape index (κ1) is 22.0. The summed E-state index contributed by atoms with van der Waals surface area (Å²) in [5, 5.41) is 6.21. The Kier molecular flexibility index (Phi) is 7.11. The summed E-state index contributed by atoms with van der Waals surface area (Å²) in [4.78, 5) is 26.9. The van der Waals surface area contributed by atoms with Gasteiger partial charge in [0.15, 0.2) is 0 Å². The maximum absolute atomic E-state index is 14.0. The average Bonchev–Trinajstić information content (AvgIpc) is 3.27. The summed E-state index contributed by atoms with van der Waals surface area (Å²) in [6, 6.07) is 3.50. The van der Waals surface area contributed by atoms with Gasteiger partial charge in [-0.15, -0.1) is 12.4 Å². The van der Waals surface area contributed by atoms with Crippen LogP contribution in [-0.4, -0.2) is 48.9 Å². The van der Waals surface area contributed by atoms with Crippen LogP contribution in [0.2, 0.25) is 0 Å². The minimum Gasteiger partial charge on any atom is -0.354 e. The second kappa shape index (κ2) is 9.39. The number of hydrogen-bond acceptors (Lipinski definition) is 3. The van der Waals surface area contributed by atoms with E-state index >= 15 is 0 Å². The molecule has 2 amide bonds. The highest BCUT2D eigenvalue weighted by molar-refractivity contribution is 5.85. The Morgan fingerprint density at radius 2 is 2.03 bits per heavy atom. The van der Waals surface area contributed by atoms with Gasteiger partial charge in [-0.05, 0) is 62.1 Å². The van der Waals surface area contributed by atoms with Crippen molar-refractivity contribution in [2.75, 3.05) is 26.2 Å². The van der Waals surface area contributed by atoms with Gasteiger partial charge in [-0.3, -0.25) is 9.59 Å². The van der Waals surface area contributed by atoms with E-state index in [1.807, 2.05) is 4.90 Å². The highest BCUT2D eigenvalue weighted by Gasteiger charge is 2.47. The normalized spacial score (nSPS) is 28.6. The number of carbonyl (C=O) groups excluding carboxylic acids is 2. The third kappa shape index (κ3) is 5.07. The van der Waals surface area contributed by atoms with Crippen LogP contribution in [0.3, 0.4) is 0 Å². The van der Waals surface area contributed by atoms with Crippen LogP contribution in [0.4, 0.5) is 8.78 Å². The smallest absolute Gasteiger partial charge is 0.237 e. The molecule has 1 saturated carbocycles. The summed E-state index contributed by atoms with van der Waals surface area (Å²) in [6.07, 6.45) is 4.43. The minimum atomic E-state index is -0.599. The van der Waals surface area contributed by atoms with E-state index in [0.29, 0.717) is 31.6 Å². The van der Waals surface area contributed by atoms with Crippen molar-refractivity contribution >= 4 is 24.2 Å². The molecule has 0 aromatic heterocycles. The predicted octanol–water partition coefficient (Wildman–Crippen LogP) is 2.60. The Balaban J connectivity index is 0.00000240. The second-order valence-electron chi connectivity index (χ2n) is 8.30. The van der Waals surface area contributed by atoms with Crippen molar-refractivity contribution < 1.29 is 18.4 Å². The molecule has 4 rings (SSSR count). The van der Waals surface area contributed by atoms with Crippen LogP contribution < -0.4 is 10.6 Å². The van der Waals surface area contributed by atoms with Gasteiger partial charge in [0.2, 0.25) is 11.8 Å². The molecule has 2 N–H and O–H groups in total. The number of benzene rings is 1. The van der Waals surface area contributed by atoms with E-state index in [4.69, 9.17) is 0 Å². The molecule has 3 fully saturated rings. The third-order valence-electron chi connectivity index (χ3n) is 6.24. The van der Waals surface area contributed by atoms with Gasteiger partial charge in [0.25, 0.3) is 0 Å². The van der Waals surface area contributed by atoms with Crippen LogP contribution in [-0.2, 0) is 9.59 Å². The topological polar surface area (TPSA) is 61.4 Å². The zero-order valence-corrected chi connectivity index (χ0v) is 17.1. The highest BCUT2D eigenvalue weighted by atomic mass is 35.5. The number of hydrogen-bond donors (Lipinski definition) is 2. The molecule has 0 bridgehead atoms. The van der Waals surface area contributed by atoms with Crippen molar-refractivity contribution in [1.29, 1.82) is 0 Å². The molecule has 3 aliphatic rings. The van der Waals surface area contributed by atoms with E-state index in [1.165, 1.54) is 12.1 Å². The molecule has 1 aliphatic carbocycles. The zero-order chi connectivity index (χ0) is 19.7. The van der Waals surface area contributed by atoms with Crippen LogP contribution in [0.5, 0.6) is 0 Å². The van der Waals surface area contributed by atoms with E-state index in [2.05, 4.69) is 10.6 Å². The summed E-state index contributed by atoms with van der Waals surface area (Å²) in [7, 11) is 0. The lowest BCUT2D eigenvalue weighted by Crippen LogP contribution is -2.47. The van der Waals surface area contributed by atoms with Crippen LogP contribution in [0, 0.1) is 23.5 Å². The summed E-state index contributed by atoms with van der Waals surface area (Å²) < 4.78 is 27.1. The molecule has 0 spiro atoms. The van der Waals surface area contributed by atoms with Crippen molar-refractivity contribution in [3.8, 4) is 0 Å². The van der Waals surface area contributed by atoms with Gasteiger partial charge < -0.3 is 15.5 Å². The van der Waals surface area contributed by atoms with E-state index < -0.39 is 11.6 Å². The fourth-order valence-corrected chi connectivity index (χ4v) is 4.56. The molecular formula is C21H28ClF2N3O2. The van der Waals surface area contributed by atoms with Gasteiger partial charge in [-0.25, -0.2) is 8.78 Å². The van der Waals surface area contributed by atoms with Crippen molar-refractivity contribution in [2.24, 2.45) is 11.8 Å². The Labute approximate surface area is 176 Å². The Bertz CT molecular complexity index is 757. The first-order chi connectivity index (χ1) is 13.5. The molecule has 4 unspecified atom stereocenters. The van der Waals surface area contributed by atoms with E-state index in [-0.39, 0.29) is 48.0 Å². The van der Waals surface area contributed by atoms with Gasteiger partial charge in [0.1, 0.15) is 11.6 Å². The number of nitrogens with one attached hydrogen (secondary N) is 2. The number of likely N-dealkylation sites (tertiary alicyclic amines) is 1. The fourth-order valence-electron chi connectivity index (χ4n) is 4.56. The van der Waals surface area contributed by atoms with Crippen LogP contribution in [0.1, 0.15) is 43.6 Å². The number of amides is 2. The predicted molar refractivity (Wildman–Crippen MR) is 108 cm³/mol. The lowest BCUT2D eigenvalue weighted by atomic mass is 9.97. The average molecular weight is 428 g/mol. The highest BCUT2D eigenvalue weighted by Crippen LogP contribution is 2.49. The first-order valence-electron chi connectivity index (χ1n) is 10.3. The molecule has 160 valence electrons. The number of rotatable bonds is 5. The molecule has 2 heterocycles. The van der Waals surface area contributed by atoms with Gasteiger partial charge in [-0.1, -0.05) is 6.07 Å². The lowest BCUT2D eigenvalue weighted by Gasteiger charge is -2.33. The second-order valence-corrected chi connectivity index (χ2v) is 8.30. The molecule has 2 aliphatic heterocycles. The molecule has 1 aromatic rings. The van der Waals surface area contributed by atoms with Gasteiger partial charge >= 0.3 is 0 Å². The van der Waals surface area contributed by atoms with E-state index in [9.17, 15) is 18.4 Å². The van der Waals surface area contributed by atoms with Gasteiger partial charge in [0, 0.05) is 31.6 Å². The molecular weight excluding hydrogens is 400 g/mol. The molecule has 1 aromatic carbocycles. The Morgan fingerprint density at radius 1 is 1.21 bits per heavy atom. The quantitative estimate of drug-likeness (QED) is 0.759. The Hall–Kier alpha value is -1.73. The maximum atomic E-state index is 14.0. The fraction of sp³-hybridized carbons (Fsp3) is 0.619. The summed E-state index contributed by atoms with van der Waals surface area (Å²) >= 11 is 0. The lowest BCUT2D eigenvalue weighted by molar-refractivity contribution is -0.134. The van der Waals surface area contributed by atoms with Crippen LogP contribution >= 0.6 is 12.4 Å². The van der Waals surface area contributed by atoms with Gasteiger partial charge in [0.05, 0.1) is 6.04 Å². The molecule has 0 radical (unpaired) electrons. The zero-order valence-electron chi connectivity index (χ0n) is 16.3. The molecule has 4 atom stereocenters. The molecule has 8 heteroatoms. The molecule has 2 saturated heterocycles. The minimum absolute atomic E-state index is 0. The van der Waals surface area contributed by atoms with Crippen LogP contribution in [0.15, 0.2) is 18.2 Å². The van der Waals surface area contributed by atoms with E-state index in [0.717, 1.165) is 38.3 Å². The van der Waals surface area contributed by atoms with Crippen molar-refractivity contribution in [3.05, 3.63) is 35.4 Å². The SMILES string of the molecule is Cl.O=C(NCC1CCCN(C(=O)C2CC2c2ccc(F)cc2F)C1)C1CCCN1. The molecule has 29 heavy (non-hydrogen) atoms. The monoisotopic (exact) mass is 427 g/mol.